The molecule has 1 N–H and O–H groups in total. The molecule has 5 nitrogen and oxygen atoms in total. The Morgan fingerprint density at radius 1 is 1.42 bits per heavy atom. The Morgan fingerprint density at radius 2 is 2.11 bits per heavy atom. The van der Waals surface area contributed by atoms with Crippen molar-refractivity contribution >= 4 is 28.9 Å². The molecule has 0 aromatic heterocycles. The Hall–Kier alpha value is -1.50. The number of aliphatic hydroxyl groups excluding tert-OH is 1. The summed E-state index contributed by atoms with van der Waals surface area (Å²) in [4.78, 5) is 15.3. The zero-order valence-electron chi connectivity index (χ0n) is 10.7. The fraction of sp³-hybridized carbons (Fsp3) is 0.385. The maximum absolute atomic E-state index is 12.1. The number of amides is 1. The highest BCUT2D eigenvalue weighted by atomic mass is 32.1. The molecule has 1 aromatic carbocycles. The smallest absolute Gasteiger partial charge is 0.253 e. The lowest BCUT2D eigenvalue weighted by atomic mass is 10.3. The Balaban J connectivity index is 2.13. The number of hydrogen-bond acceptors (Lipinski definition) is 4. The van der Waals surface area contributed by atoms with Gasteiger partial charge in [0.2, 0.25) is 0 Å². The van der Waals surface area contributed by atoms with Crippen LogP contribution in [0.1, 0.15) is 6.92 Å². The molecule has 1 aliphatic heterocycles. The van der Waals surface area contributed by atoms with Crippen molar-refractivity contribution in [1.82, 2.24) is 4.90 Å². The number of anilines is 1. The maximum Gasteiger partial charge on any atom is 0.253 e. The summed E-state index contributed by atoms with van der Waals surface area (Å²) in [6.07, 6.45) is -0.336. The fourth-order valence-electron chi connectivity index (χ4n) is 1.95. The van der Waals surface area contributed by atoms with E-state index < -0.39 is 0 Å². The average molecular weight is 280 g/mol. The second-order valence-corrected chi connectivity index (χ2v) is 4.53. The molecule has 1 fully saturated rings. The molecule has 102 valence electrons. The number of aliphatic hydroxyl groups is 1. The molecule has 2 rings (SSSR count). The van der Waals surface area contributed by atoms with Gasteiger partial charge in [-0.05, 0) is 31.3 Å². The summed E-state index contributed by atoms with van der Waals surface area (Å²) in [5, 5.41) is 9.18. The largest absolute Gasteiger partial charge is 0.394 e. The molecule has 0 spiro atoms. The topological polar surface area (TPSA) is 53.0 Å². The molecule has 6 heteroatoms. The summed E-state index contributed by atoms with van der Waals surface area (Å²) < 4.78 is 5.39. The number of carbonyl (C=O) groups is 1. The summed E-state index contributed by atoms with van der Waals surface area (Å²) in [5.41, 5.74) is 0.759. The van der Waals surface area contributed by atoms with Gasteiger partial charge in [0.15, 0.2) is 5.11 Å². The summed E-state index contributed by atoms with van der Waals surface area (Å²) >= 11 is 5.34. The van der Waals surface area contributed by atoms with E-state index in [0.29, 0.717) is 5.11 Å². The van der Waals surface area contributed by atoms with E-state index in [1.807, 2.05) is 37.3 Å². The Labute approximate surface area is 117 Å². The van der Waals surface area contributed by atoms with E-state index in [1.165, 1.54) is 4.90 Å². The van der Waals surface area contributed by atoms with Gasteiger partial charge in [0.1, 0.15) is 12.8 Å². The van der Waals surface area contributed by atoms with Crippen LogP contribution in [0.25, 0.3) is 0 Å². The van der Waals surface area contributed by atoms with E-state index in [4.69, 9.17) is 22.1 Å². The molecular weight excluding hydrogens is 264 g/mol. The minimum Gasteiger partial charge on any atom is -0.394 e. The van der Waals surface area contributed by atoms with Crippen molar-refractivity contribution in [2.45, 2.75) is 13.2 Å². The van der Waals surface area contributed by atoms with Gasteiger partial charge >= 0.3 is 0 Å². The van der Waals surface area contributed by atoms with Crippen LogP contribution >= 0.6 is 12.2 Å². The highest BCUT2D eigenvalue weighted by Crippen LogP contribution is 2.22. The van der Waals surface area contributed by atoms with Crippen molar-refractivity contribution in [1.29, 1.82) is 0 Å². The zero-order valence-corrected chi connectivity index (χ0v) is 11.5. The van der Waals surface area contributed by atoms with Crippen LogP contribution in [0, 0.1) is 0 Å². The summed E-state index contributed by atoms with van der Waals surface area (Å²) in [7, 11) is 0. The van der Waals surface area contributed by atoms with Crippen molar-refractivity contribution in [2.75, 3.05) is 24.7 Å². The molecule has 1 aromatic rings. The van der Waals surface area contributed by atoms with E-state index in [9.17, 15) is 4.79 Å². The number of benzene rings is 1. The molecule has 0 saturated carbocycles. The van der Waals surface area contributed by atoms with Crippen molar-refractivity contribution in [3.63, 3.8) is 0 Å². The highest BCUT2D eigenvalue weighted by Gasteiger charge is 2.36. The predicted octanol–water partition coefficient (Wildman–Crippen LogP) is 0.975. The minimum atomic E-state index is -0.336. The van der Waals surface area contributed by atoms with E-state index >= 15 is 0 Å². The SMILES string of the molecule is CC(OCCO)N1CC(=O)N(c2ccccc2)C1=S. The quantitative estimate of drug-likeness (QED) is 0.815. The first-order valence-corrected chi connectivity index (χ1v) is 6.47. The lowest BCUT2D eigenvalue weighted by molar-refractivity contribution is -0.118. The number of hydrogen-bond donors (Lipinski definition) is 1. The van der Waals surface area contributed by atoms with Crippen molar-refractivity contribution in [3.05, 3.63) is 30.3 Å². The van der Waals surface area contributed by atoms with Gasteiger partial charge < -0.3 is 14.7 Å². The number of rotatable bonds is 5. The summed E-state index contributed by atoms with van der Waals surface area (Å²) in [6, 6.07) is 9.29. The van der Waals surface area contributed by atoms with Gasteiger partial charge in [-0.15, -0.1) is 0 Å². The predicted molar refractivity (Wildman–Crippen MR) is 75.7 cm³/mol. The van der Waals surface area contributed by atoms with Gasteiger partial charge in [-0.3, -0.25) is 9.69 Å². The Kier molecular flexibility index (Phi) is 4.47. The van der Waals surface area contributed by atoms with Gasteiger partial charge in [0, 0.05) is 0 Å². The maximum atomic E-state index is 12.1. The van der Waals surface area contributed by atoms with Crippen LogP contribution in [0.3, 0.4) is 0 Å². The normalized spacial score (nSPS) is 17.2. The standard InChI is InChI=1S/C13H16N2O3S/c1-10(18-8-7-16)14-9-12(17)15(13(14)19)11-5-3-2-4-6-11/h2-6,10,16H,7-9H2,1H3. The summed E-state index contributed by atoms with van der Waals surface area (Å²) in [5.74, 6) is -0.0735. The number of thiocarbonyl (C=S) groups is 1. The minimum absolute atomic E-state index is 0.0543. The van der Waals surface area contributed by atoms with Crippen molar-refractivity contribution in [3.8, 4) is 0 Å². The molecule has 1 unspecified atom stereocenters. The van der Waals surface area contributed by atoms with Crippen LogP contribution in [0.5, 0.6) is 0 Å². The second kappa shape index (κ2) is 6.10. The van der Waals surface area contributed by atoms with Gasteiger partial charge in [0.25, 0.3) is 5.91 Å². The van der Waals surface area contributed by atoms with Crippen LogP contribution in [-0.4, -0.2) is 47.0 Å². The third-order valence-electron chi connectivity index (χ3n) is 2.90. The van der Waals surface area contributed by atoms with Crippen LogP contribution in [0.2, 0.25) is 0 Å². The van der Waals surface area contributed by atoms with Crippen molar-refractivity contribution in [2.24, 2.45) is 0 Å². The van der Waals surface area contributed by atoms with Crippen LogP contribution in [-0.2, 0) is 9.53 Å². The van der Waals surface area contributed by atoms with Gasteiger partial charge in [0.05, 0.1) is 18.9 Å². The Bertz CT molecular complexity index is 466. The molecule has 1 heterocycles. The molecule has 0 bridgehead atoms. The molecule has 1 aliphatic rings. The lowest BCUT2D eigenvalue weighted by Crippen LogP contribution is -2.39. The van der Waals surface area contributed by atoms with Gasteiger partial charge in [-0.25, -0.2) is 0 Å². The number of para-hydroxylation sites is 1. The first-order chi connectivity index (χ1) is 9.15. The molecule has 0 aliphatic carbocycles. The van der Waals surface area contributed by atoms with E-state index in [2.05, 4.69) is 0 Å². The third kappa shape index (κ3) is 2.91. The molecule has 0 radical (unpaired) electrons. The first kappa shape index (κ1) is 13.9. The van der Waals surface area contributed by atoms with E-state index in [0.717, 1.165) is 5.69 Å². The number of ether oxygens (including phenoxy) is 1. The van der Waals surface area contributed by atoms with Crippen molar-refractivity contribution < 1.29 is 14.6 Å². The van der Waals surface area contributed by atoms with E-state index in [1.54, 1.807) is 4.90 Å². The number of carbonyl (C=O) groups excluding carboxylic acids is 1. The highest BCUT2D eigenvalue weighted by molar-refractivity contribution is 7.80. The second-order valence-electron chi connectivity index (χ2n) is 4.17. The molecular formula is C13H16N2O3S. The molecule has 1 saturated heterocycles. The zero-order chi connectivity index (χ0) is 13.8. The summed E-state index contributed by atoms with van der Waals surface area (Å²) in [6.45, 7) is 2.17. The van der Waals surface area contributed by atoms with E-state index in [-0.39, 0.29) is 31.9 Å². The van der Waals surface area contributed by atoms with Crippen LogP contribution in [0.15, 0.2) is 30.3 Å². The van der Waals surface area contributed by atoms with Gasteiger partial charge in [-0.1, -0.05) is 18.2 Å². The number of nitrogens with zero attached hydrogens (tertiary/aromatic N) is 2. The molecule has 19 heavy (non-hydrogen) atoms. The van der Waals surface area contributed by atoms with Crippen LogP contribution < -0.4 is 4.90 Å². The monoisotopic (exact) mass is 280 g/mol. The van der Waals surface area contributed by atoms with Crippen LogP contribution in [0.4, 0.5) is 5.69 Å². The molecule has 1 atom stereocenters. The first-order valence-electron chi connectivity index (χ1n) is 6.06. The Morgan fingerprint density at radius 3 is 2.74 bits per heavy atom. The van der Waals surface area contributed by atoms with Gasteiger partial charge in [-0.2, -0.15) is 0 Å². The lowest BCUT2D eigenvalue weighted by Gasteiger charge is -2.26. The average Bonchev–Trinajstić information content (AvgIpc) is 2.72. The fourth-order valence-corrected chi connectivity index (χ4v) is 2.37. The molecule has 1 amide bonds. The third-order valence-corrected chi connectivity index (χ3v) is 3.31.